The van der Waals surface area contributed by atoms with Gasteiger partial charge in [0, 0.05) is 24.5 Å². The van der Waals surface area contributed by atoms with Crippen molar-refractivity contribution in [1.29, 1.82) is 0 Å². The lowest BCUT2D eigenvalue weighted by atomic mass is 10.1. The molecule has 1 aliphatic rings. The minimum atomic E-state index is -2.98. The molecule has 27 heavy (non-hydrogen) atoms. The number of hydrogen-bond donors (Lipinski definition) is 1. The third kappa shape index (κ3) is 4.66. The first-order valence-electron chi connectivity index (χ1n) is 9.09. The number of sulfone groups is 1. The van der Waals surface area contributed by atoms with Gasteiger partial charge in [0.15, 0.2) is 9.84 Å². The predicted molar refractivity (Wildman–Crippen MR) is 108 cm³/mol. The number of hydrogen-bond acceptors (Lipinski definition) is 5. The van der Waals surface area contributed by atoms with Crippen molar-refractivity contribution in [3.8, 4) is 0 Å². The third-order valence-corrected chi connectivity index (χ3v) is 6.54. The molecule has 1 amide bonds. The highest BCUT2D eigenvalue weighted by Gasteiger charge is 2.32. The number of amides is 1. The smallest absolute Gasteiger partial charge is 0.257 e. The number of anilines is 2. The lowest BCUT2D eigenvalue weighted by molar-refractivity contribution is 0.102. The number of benzene rings is 1. The highest BCUT2D eigenvalue weighted by atomic mass is 32.2. The molecule has 0 saturated carbocycles. The van der Waals surface area contributed by atoms with Crippen LogP contribution in [0.2, 0.25) is 0 Å². The number of nitrogens with one attached hydrogen (secondary N) is 1. The van der Waals surface area contributed by atoms with Gasteiger partial charge in [-0.1, -0.05) is 6.07 Å². The van der Waals surface area contributed by atoms with E-state index in [1.54, 1.807) is 12.3 Å². The topological polar surface area (TPSA) is 79.4 Å². The van der Waals surface area contributed by atoms with Crippen LogP contribution in [0, 0.1) is 13.8 Å². The fraction of sp³-hybridized carbons (Fsp3) is 0.400. The maximum absolute atomic E-state index is 12.7. The zero-order valence-corrected chi connectivity index (χ0v) is 16.7. The Bertz CT molecular complexity index is 936. The summed E-state index contributed by atoms with van der Waals surface area (Å²) in [5.74, 6) is 0.137. The van der Waals surface area contributed by atoms with Gasteiger partial charge < -0.3 is 10.2 Å². The summed E-state index contributed by atoms with van der Waals surface area (Å²) in [6.07, 6.45) is 3.82. The van der Waals surface area contributed by atoms with E-state index in [-0.39, 0.29) is 23.5 Å². The van der Waals surface area contributed by atoms with Crippen molar-refractivity contribution in [3.05, 3.63) is 53.3 Å². The molecule has 3 rings (SSSR count). The summed E-state index contributed by atoms with van der Waals surface area (Å²) in [6, 6.07) is 7.60. The number of carbonyl (C=O) groups excluding carboxylic acids is 1. The quantitative estimate of drug-likeness (QED) is 0.853. The van der Waals surface area contributed by atoms with Crippen molar-refractivity contribution >= 4 is 27.1 Å². The van der Waals surface area contributed by atoms with Gasteiger partial charge >= 0.3 is 0 Å². The maximum Gasteiger partial charge on any atom is 0.257 e. The molecule has 1 fully saturated rings. The van der Waals surface area contributed by atoms with Crippen LogP contribution >= 0.6 is 0 Å². The first-order valence-corrected chi connectivity index (χ1v) is 10.9. The van der Waals surface area contributed by atoms with Crippen LogP contribution in [0.1, 0.15) is 34.8 Å². The van der Waals surface area contributed by atoms with Gasteiger partial charge in [-0.05, 0) is 56.5 Å². The number of rotatable bonds is 5. The van der Waals surface area contributed by atoms with Gasteiger partial charge in [-0.2, -0.15) is 0 Å². The molecule has 1 aliphatic heterocycles. The highest BCUT2D eigenvalue weighted by Crippen LogP contribution is 2.25. The summed E-state index contributed by atoms with van der Waals surface area (Å²) < 4.78 is 23.6. The number of carbonyl (C=O) groups is 1. The lowest BCUT2D eigenvalue weighted by Gasteiger charge is -2.29. The molecular formula is C20H25N3O3S. The van der Waals surface area contributed by atoms with Gasteiger partial charge in [0.2, 0.25) is 0 Å². The van der Waals surface area contributed by atoms with Crippen LogP contribution in [0.4, 0.5) is 11.4 Å². The second kappa shape index (κ2) is 7.68. The van der Waals surface area contributed by atoms with E-state index < -0.39 is 9.84 Å². The minimum Gasteiger partial charge on any atom is -0.367 e. The lowest BCUT2D eigenvalue weighted by Crippen LogP contribution is -2.36. The van der Waals surface area contributed by atoms with Crippen LogP contribution in [0.3, 0.4) is 0 Å². The summed E-state index contributed by atoms with van der Waals surface area (Å²) in [7, 11) is -2.98. The minimum absolute atomic E-state index is 0.0699. The zero-order chi connectivity index (χ0) is 19.6. The Morgan fingerprint density at radius 2 is 1.89 bits per heavy atom. The molecule has 0 radical (unpaired) electrons. The normalized spacial score (nSPS) is 18.3. The van der Waals surface area contributed by atoms with E-state index >= 15 is 0 Å². The monoisotopic (exact) mass is 387 g/mol. The molecule has 1 atom stereocenters. The molecule has 1 aromatic heterocycles. The molecule has 1 unspecified atom stereocenters. The largest absolute Gasteiger partial charge is 0.367 e. The number of pyridine rings is 1. The van der Waals surface area contributed by atoms with Gasteiger partial charge in [0.1, 0.15) is 0 Å². The van der Waals surface area contributed by atoms with E-state index in [1.165, 1.54) is 6.20 Å². The Morgan fingerprint density at radius 3 is 2.48 bits per heavy atom. The fourth-order valence-electron chi connectivity index (χ4n) is 3.63. The van der Waals surface area contributed by atoms with Crippen LogP contribution in [-0.4, -0.2) is 43.4 Å². The Kier molecular flexibility index (Phi) is 5.51. The molecule has 1 saturated heterocycles. The van der Waals surface area contributed by atoms with Crippen molar-refractivity contribution < 1.29 is 13.2 Å². The van der Waals surface area contributed by atoms with E-state index in [2.05, 4.69) is 10.3 Å². The summed E-state index contributed by atoms with van der Waals surface area (Å²) in [4.78, 5) is 18.9. The van der Waals surface area contributed by atoms with Gasteiger partial charge in [0.25, 0.3) is 5.91 Å². The molecule has 0 spiro atoms. The van der Waals surface area contributed by atoms with Crippen LogP contribution in [0.25, 0.3) is 0 Å². The summed E-state index contributed by atoms with van der Waals surface area (Å²) in [6.45, 7) is 6.61. The molecule has 1 aromatic carbocycles. The Labute approximate surface area is 160 Å². The Balaban J connectivity index is 1.80. The van der Waals surface area contributed by atoms with Gasteiger partial charge in [-0.3, -0.25) is 9.78 Å². The van der Waals surface area contributed by atoms with Crippen molar-refractivity contribution in [1.82, 2.24) is 4.98 Å². The molecular weight excluding hydrogens is 362 g/mol. The van der Waals surface area contributed by atoms with E-state index in [9.17, 15) is 13.2 Å². The highest BCUT2D eigenvalue weighted by molar-refractivity contribution is 7.91. The Morgan fingerprint density at radius 1 is 1.19 bits per heavy atom. The van der Waals surface area contributed by atoms with Crippen molar-refractivity contribution in [2.45, 2.75) is 33.2 Å². The first kappa shape index (κ1) is 19.4. The van der Waals surface area contributed by atoms with E-state index in [1.807, 2.05) is 43.9 Å². The Hall–Kier alpha value is -2.41. The van der Waals surface area contributed by atoms with Crippen molar-refractivity contribution in [2.24, 2.45) is 0 Å². The van der Waals surface area contributed by atoms with E-state index in [0.29, 0.717) is 18.5 Å². The summed E-state index contributed by atoms with van der Waals surface area (Å²) in [5, 5.41) is 2.91. The third-order valence-electron chi connectivity index (χ3n) is 4.79. The summed E-state index contributed by atoms with van der Waals surface area (Å²) in [5.41, 5.74) is 4.13. The van der Waals surface area contributed by atoms with Crippen LogP contribution in [0.15, 0.2) is 36.7 Å². The molecule has 0 aliphatic carbocycles. The average molecular weight is 388 g/mol. The second-order valence-electron chi connectivity index (χ2n) is 7.11. The second-order valence-corrected chi connectivity index (χ2v) is 9.33. The fourth-order valence-corrected chi connectivity index (χ4v) is 5.36. The zero-order valence-electron chi connectivity index (χ0n) is 15.9. The molecule has 0 bridgehead atoms. The molecule has 144 valence electrons. The van der Waals surface area contributed by atoms with Crippen molar-refractivity contribution in [3.63, 3.8) is 0 Å². The van der Waals surface area contributed by atoms with Crippen LogP contribution in [0.5, 0.6) is 0 Å². The number of nitrogens with zero attached hydrogens (tertiary/aromatic N) is 2. The molecule has 7 heteroatoms. The first-order chi connectivity index (χ1) is 12.8. The summed E-state index contributed by atoms with van der Waals surface area (Å²) >= 11 is 0. The van der Waals surface area contributed by atoms with Gasteiger partial charge in [-0.15, -0.1) is 0 Å². The number of aromatic nitrogens is 1. The van der Waals surface area contributed by atoms with Crippen LogP contribution < -0.4 is 10.2 Å². The van der Waals surface area contributed by atoms with Gasteiger partial charge in [-0.25, -0.2) is 8.42 Å². The average Bonchev–Trinajstić information content (AvgIpc) is 2.94. The maximum atomic E-state index is 12.7. The van der Waals surface area contributed by atoms with Crippen molar-refractivity contribution in [2.75, 3.05) is 28.3 Å². The molecule has 1 N–H and O–H groups in total. The molecule has 6 nitrogen and oxygen atoms in total. The predicted octanol–water partition coefficient (Wildman–Crippen LogP) is 2.96. The molecule has 2 heterocycles. The van der Waals surface area contributed by atoms with E-state index in [0.717, 1.165) is 22.5 Å². The number of aryl methyl sites for hydroxylation is 2. The van der Waals surface area contributed by atoms with Crippen LogP contribution in [-0.2, 0) is 9.84 Å². The standard InChI is InChI=1S/C20H25N3O3S/c1-4-23(18-5-6-27(25,26)13-18)19-10-16(11-21-12-19)20(24)22-17-8-14(2)7-15(3)9-17/h7-12,18H,4-6,13H2,1-3H3,(H,22,24). The van der Waals surface area contributed by atoms with E-state index in [4.69, 9.17) is 0 Å². The molecule has 2 aromatic rings. The van der Waals surface area contributed by atoms with Gasteiger partial charge in [0.05, 0.1) is 29.0 Å². The SMILES string of the molecule is CCN(c1cncc(C(=O)Nc2cc(C)cc(C)c2)c1)C1CCS(=O)(=O)C1.